The summed E-state index contributed by atoms with van der Waals surface area (Å²) in [7, 11) is 1.66. The lowest BCUT2D eigenvalue weighted by molar-refractivity contribution is 0.00504. The van der Waals surface area contributed by atoms with Gasteiger partial charge in [-0.05, 0) is 26.3 Å². The van der Waals surface area contributed by atoms with E-state index in [9.17, 15) is 4.79 Å². The predicted octanol–water partition coefficient (Wildman–Crippen LogP) is 2.93. The van der Waals surface area contributed by atoms with E-state index in [0.717, 1.165) is 18.5 Å². The third-order valence-corrected chi connectivity index (χ3v) is 3.11. The maximum atomic E-state index is 11.1. The van der Waals surface area contributed by atoms with Crippen LogP contribution in [0.25, 0.3) is 0 Å². The molecular formula is C15H23NO4. The summed E-state index contributed by atoms with van der Waals surface area (Å²) in [6, 6.07) is 3.05. The van der Waals surface area contributed by atoms with Crippen LogP contribution in [-0.2, 0) is 11.2 Å². The summed E-state index contributed by atoms with van der Waals surface area (Å²) in [5.74, 6) is -0.605. The number of methoxy groups -OCH3 is 1. The second-order valence-electron chi connectivity index (χ2n) is 5.30. The van der Waals surface area contributed by atoms with E-state index in [1.54, 1.807) is 13.2 Å². The maximum absolute atomic E-state index is 11.1. The lowest BCUT2D eigenvalue weighted by Crippen LogP contribution is -2.25. The first-order valence-corrected chi connectivity index (χ1v) is 6.80. The highest BCUT2D eigenvalue weighted by atomic mass is 16.5. The van der Waals surface area contributed by atoms with Gasteiger partial charge in [0.25, 0.3) is 0 Å². The van der Waals surface area contributed by atoms with E-state index in [1.165, 1.54) is 6.07 Å². The van der Waals surface area contributed by atoms with Crippen molar-refractivity contribution in [1.29, 1.82) is 0 Å². The molecule has 1 heterocycles. The van der Waals surface area contributed by atoms with Crippen LogP contribution in [0.4, 0.5) is 0 Å². The van der Waals surface area contributed by atoms with E-state index in [4.69, 9.17) is 14.6 Å². The molecule has 0 bridgehead atoms. The van der Waals surface area contributed by atoms with Gasteiger partial charge in [0.2, 0.25) is 5.88 Å². The number of aryl methyl sites for hydroxylation is 1. The lowest BCUT2D eigenvalue weighted by Gasteiger charge is -2.22. The molecule has 1 N–H and O–H groups in total. The summed E-state index contributed by atoms with van der Waals surface area (Å²) in [6.07, 6.45) is 2.35. The van der Waals surface area contributed by atoms with Gasteiger partial charge in [0.15, 0.2) is 0 Å². The molecule has 0 spiro atoms. The van der Waals surface area contributed by atoms with Crippen LogP contribution in [0, 0.1) is 0 Å². The number of carboxylic acids is 1. The minimum absolute atomic E-state index is 0.212. The first-order valence-electron chi connectivity index (χ1n) is 6.80. The molecule has 0 atom stereocenters. The fraction of sp³-hybridized carbons (Fsp3) is 0.600. The van der Waals surface area contributed by atoms with E-state index >= 15 is 0 Å². The molecule has 1 aromatic rings. The van der Waals surface area contributed by atoms with Crippen molar-refractivity contribution in [3.05, 3.63) is 23.4 Å². The fourth-order valence-electron chi connectivity index (χ4n) is 1.65. The van der Waals surface area contributed by atoms with E-state index in [2.05, 4.69) is 4.98 Å². The normalized spacial score (nSPS) is 11.4. The molecule has 0 fully saturated rings. The zero-order valence-electron chi connectivity index (χ0n) is 12.6. The molecule has 5 heteroatoms. The van der Waals surface area contributed by atoms with Crippen LogP contribution in [-0.4, -0.2) is 35.4 Å². The van der Waals surface area contributed by atoms with Crippen LogP contribution in [0.2, 0.25) is 0 Å². The molecule has 0 aliphatic heterocycles. The topological polar surface area (TPSA) is 68.7 Å². The number of hydrogen-bond acceptors (Lipinski definition) is 4. The van der Waals surface area contributed by atoms with Crippen molar-refractivity contribution >= 4 is 5.97 Å². The number of carboxylic acid groups (broad SMARTS) is 1. The minimum atomic E-state index is -0.966. The Morgan fingerprint density at radius 2 is 2.10 bits per heavy atom. The van der Waals surface area contributed by atoms with Crippen molar-refractivity contribution in [1.82, 2.24) is 4.98 Å². The molecule has 20 heavy (non-hydrogen) atoms. The highest BCUT2D eigenvalue weighted by Gasteiger charge is 2.16. The van der Waals surface area contributed by atoms with Crippen LogP contribution in [0.15, 0.2) is 12.1 Å². The number of carbonyl (C=O) groups is 1. The Bertz CT molecular complexity index is 457. The van der Waals surface area contributed by atoms with Gasteiger partial charge in [-0.3, -0.25) is 0 Å². The average Bonchev–Trinajstić information content (AvgIpc) is 2.38. The van der Waals surface area contributed by atoms with Gasteiger partial charge in [-0.15, -0.1) is 0 Å². The van der Waals surface area contributed by atoms with Gasteiger partial charge in [0.05, 0.1) is 17.8 Å². The van der Waals surface area contributed by atoms with E-state index in [0.29, 0.717) is 18.9 Å². The SMILES string of the molecule is CCCc1cc(C(=O)O)cc(OCCC(C)(C)OC)n1. The number of nitrogens with zero attached hydrogens (tertiary/aromatic N) is 1. The summed E-state index contributed by atoms with van der Waals surface area (Å²) < 4.78 is 10.9. The molecule has 0 aromatic carbocycles. The zero-order valence-corrected chi connectivity index (χ0v) is 12.6. The third kappa shape index (κ3) is 5.17. The second kappa shape index (κ2) is 7.24. The molecule has 0 amide bonds. The molecular weight excluding hydrogens is 258 g/mol. The summed E-state index contributed by atoms with van der Waals surface area (Å²) >= 11 is 0. The van der Waals surface area contributed by atoms with E-state index in [1.807, 2.05) is 20.8 Å². The van der Waals surface area contributed by atoms with Crippen molar-refractivity contribution < 1.29 is 19.4 Å². The Kier molecular flexibility index (Phi) is 5.95. The molecule has 0 aliphatic carbocycles. The van der Waals surface area contributed by atoms with Gasteiger partial charge in [-0.1, -0.05) is 13.3 Å². The van der Waals surface area contributed by atoms with Gasteiger partial charge >= 0.3 is 5.97 Å². The molecule has 5 nitrogen and oxygen atoms in total. The maximum Gasteiger partial charge on any atom is 0.335 e. The van der Waals surface area contributed by atoms with E-state index < -0.39 is 5.97 Å². The fourth-order valence-corrected chi connectivity index (χ4v) is 1.65. The predicted molar refractivity (Wildman–Crippen MR) is 76.4 cm³/mol. The molecule has 0 aliphatic rings. The largest absolute Gasteiger partial charge is 0.478 e. The number of aromatic carboxylic acids is 1. The number of aromatic nitrogens is 1. The highest BCUT2D eigenvalue weighted by molar-refractivity contribution is 5.88. The Hall–Kier alpha value is -1.62. The number of ether oxygens (including phenoxy) is 2. The first-order chi connectivity index (χ1) is 9.38. The van der Waals surface area contributed by atoms with Crippen LogP contribution in [0.3, 0.4) is 0 Å². The van der Waals surface area contributed by atoms with Crippen LogP contribution in [0.5, 0.6) is 5.88 Å². The average molecular weight is 281 g/mol. The van der Waals surface area contributed by atoms with Gasteiger partial charge in [0, 0.05) is 25.3 Å². The summed E-state index contributed by atoms with van der Waals surface area (Å²) in [4.78, 5) is 15.4. The minimum Gasteiger partial charge on any atom is -0.478 e. The van der Waals surface area contributed by atoms with Gasteiger partial charge in [-0.2, -0.15) is 0 Å². The second-order valence-corrected chi connectivity index (χ2v) is 5.30. The van der Waals surface area contributed by atoms with Crippen molar-refractivity contribution in [2.24, 2.45) is 0 Å². The summed E-state index contributed by atoms with van der Waals surface area (Å²) in [5.41, 5.74) is 0.689. The van der Waals surface area contributed by atoms with Gasteiger partial charge in [0.1, 0.15) is 0 Å². The number of hydrogen-bond donors (Lipinski definition) is 1. The molecule has 1 aromatic heterocycles. The van der Waals surface area contributed by atoms with Crippen LogP contribution in [0.1, 0.15) is 49.7 Å². The molecule has 0 radical (unpaired) electrons. The van der Waals surface area contributed by atoms with Gasteiger partial charge < -0.3 is 14.6 Å². The van der Waals surface area contributed by atoms with Crippen molar-refractivity contribution in [2.45, 2.75) is 45.6 Å². The van der Waals surface area contributed by atoms with Crippen molar-refractivity contribution in [3.8, 4) is 5.88 Å². The van der Waals surface area contributed by atoms with E-state index in [-0.39, 0.29) is 11.2 Å². The zero-order chi connectivity index (χ0) is 15.2. The standard InChI is InChI=1S/C15H23NO4/c1-5-6-12-9-11(14(17)18)10-13(16-12)20-8-7-15(2,3)19-4/h9-10H,5-8H2,1-4H3,(H,17,18). The Morgan fingerprint density at radius 1 is 1.40 bits per heavy atom. The molecule has 0 saturated carbocycles. The Morgan fingerprint density at radius 3 is 2.65 bits per heavy atom. The molecule has 1 rings (SSSR count). The molecule has 112 valence electrons. The quantitative estimate of drug-likeness (QED) is 0.793. The summed E-state index contributed by atoms with van der Waals surface area (Å²) in [6.45, 7) is 6.40. The van der Waals surface area contributed by atoms with Crippen LogP contribution >= 0.6 is 0 Å². The Balaban J connectivity index is 2.76. The monoisotopic (exact) mass is 281 g/mol. The van der Waals surface area contributed by atoms with Crippen molar-refractivity contribution in [2.75, 3.05) is 13.7 Å². The highest BCUT2D eigenvalue weighted by Crippen LogP contribution is 2.17. The summed E-state index contributed by atoms with van der Waals surface area (Å²) in [5, 5.41) is 9.09. The van der Waals surface area contributed by atoms with Crippen LogP contribution < -0.4 is 4.74 Å². The molecule has 0 saturated heterocycles. The number of rotatable bonds is 8. The van der Waals surface area contributed by atoms with Gasteiger partial charge in [-0.25, -0.2) is 9.78 Å². The Labute approximate surface area is 119 Å². The first kappa shape index (κ1) is 16.4. The molecule has 0 unspecified atom stereocenters. The van der Waals surface area contributed by atoms with Crippen molar-refractivity contribution in [3.63, 3.8) is 0 Å². The third-order valence-electron chi connectivity index (χ3n) is 3.11. The smallest absolute Gasteiger partial charge is 0.335 e. The lowest BCUT2D eigenvalue weighted by atomic mass is 10.1. The number of pyridine rings is 1.